The van der Waals surface area contributed by atoms with E-state index in [0.29, 0.717) is 30.7 Å². The van der Waals surface area contributed by atoms with Crippen LogP contribution in [0.15, 0.2) is 29.8 Å². The van der Waals surface area contributed by atoms with Crippen molar-refractivity contribution < 1.29 is 19.3 Å². The van der Waals surface area contributed by atoms with E-state index in [1.165, 1.54) is 25.6 Å². The number of hydrogen-bond acceptors (Lipinski definition) is 9. The van der Waals surface area contributed by atoms with Crippen molar-refractivity contribution in [2.24, 2.45) is 0 Å². The zero-order valence-corrected chi connectivity index (χ0v) is 18.4. The second-order valence-corrected chi connectivity index (χ2v) is 6.97. The van der Waals surface area contributed by atoms with Gasteiger partial charge in [-0.25, -0.2) is 15.0 Å². The third kappa shape index (κ3) is 4.63. The van der Waals surface area contributed by atoms with E-state index in [0.717, 1.165) is 35.0 Å². The molecule has 1 saturated heterocycles. The summed E-state index contributed by atoms with van der Waals surface area (Å²) in [5, 5.41) is 12.8. The van der Waals surface area contributed by atoms with Crippen molar-refractivity contribution in [1.82, 2.24) is 15.0 Å². The Bertz CT molecular complexity index is 948. The van der Waals surface area contributed by atoms with E-state index in [4.69, 9.17) is 19.2 Å². The smallest absolute Gasteiger partial charge is 0.226 e. The van der Waals surface area contributed by atoms with Gasteiger partial charge in [0.2, 0.25) is 11.7 Å². The fourth-order valence-corrected chi connectivity index (χ4v) is 3.75. The number of ether oxygens (including phenoxy) is 3. The van der Waals surface area contributed by atoms with Crippen LogP contribution in [0.4, 0.5) is 5.95 Å². The van der Waals surface area contributed by atoms with Crippen molar-refractivity contribution in [2.75, 3.05) is 45.4 Å². The highest BCUT2D eigenvalue weighted by Crippen LogP contribution is 2.41. The number of phenols is 1. The molecule has 0 bridgehead atoms. The second kappa shape index (κ2) is 10.2. The summed E-state index contributed by atoms with van der Waals surface area (Å²) >= 11 is 1.50. The van der Waals surface area contributed by atoms with Crippen LogP contribution in [0.2, 0.25) is 0 Å². The van der Waals surface area contributed by atoms with Crippen molar-refractivity contribution in [2.45, 2.75) is 13.8 Å². The van der Waals surface area contributed by atoms with Crippen LogP contribution in [0.3, 0.4) is 0 Å². The first-order valence-electron chi connectivity index (χ1n) is 9.76. The predicted molar refractivity (Wildman–Crippen MR) is 118 cm³/mol. The minimum absolute atomic E-state index is 0.0323. The maximum Gasteiger partial charge on any atom is 0.226 e. The molecule has 1 aliphatic rings. The van der Waals surface area contributed by atoms with Crippen molar-refractivity contribution in [3.05, 3.63) is 29.8 Å². The van der Waals surface area contributed by atoms with Crippen molar-refractivity contribution in [3.8, 4) is 39.2 Å². The normalized spacial score (nSPS) is 13.4. The van der Waals surface area contributed by atoms with Crippen LogP contribution >= 0.6 is 11.3 Å². The van der Waals surface area contributed by atoms with Gasteiger partial charge in [-0.15, -0.1) is 11.3 Å². The lowest BCUT2D eigenvalue weighted by Crippen LogP contribution is -2.37. The van der Waals surface area contributed by atoms with Crippen molar-refractivity contribution in [3.63, 3.8) is 0 Å². The Morgan fingerprint density at radius 2 is 1.70 bits per heavy atom. The second-order valence-electron chi connectivity index (χ2n) is 6.11. The van der Waals surface area contributed by atoms with Crippen LogP contribution in [0.5, 0.6) is 17.2 Å². The van der Waals surface area contributed by atoms with Gasteiger partial charge in [0.05, 0.1) is 33.1 Å². The third-order valence-corrected chi connectivity index (χ3v) is 5.30. The first-order valence-corrected chi connectivity index (χ1v) is 10.6. The SMILES string of the molecule is CC.COc1cc(-c2csc(-c3ccnc(N4CCOCC4)n3)n2)cc(OC)c1O. The van der Waals surface area contributed by atoms with E-state index in [1.54, 1.807) is 18.3 Å². The molecule has 1 fully saturated rings. The van der Waals surface area contributed by atoms with Crippen molar-refractivity contribution in [1.29, 1.82) is 0 Å². The van der Waals surface area contributed by atoms with E-state index in [-0.39, 0.29) is 5.75 Å². The summed E-state index contributed by atoms with van der Waals surface area (Å²) in [6.07, 6.45) is 1.75. The summed E-state index contributed by atoms with van der Waals surface area (Å²) in [5.41, 5.74) is 2.31. The monoisotopic (exact) mass is 430 g/mol. The van der Waals surface area contributed by atoms with Gasteiger partial charge in [0.25, 0.3) is 0 Å². The van der Waals surface area contributed by atoms with Crippen LogP contribution in [-0.4, -0.2) is 60.6 Å². The highest BCUT2D eigenvalue weighted by molar-refractivity contribution is 7.13. The molecule has 9 heteroatoms. The number of benzene rings is 1. The maximum absolute atomic E-state index is 10.1. The fraction of sp³-hybridized carbons (Fsp3) is 0.381. The molecule has 0 spiro atoms. The van der Waals surface area contributed by atoms with Gasteiger partial charge in [0.15, 0.2) is 11.5 Å². The van der Waals surface area contributed by atoms with Crippen LogP contribution in [-0.2, 0) is 4.74 Å². The molecule has 2 aromatic heterocycles. The lowest BCUT2D eigenvalue weighted by atomic mass is 10.1. The van der Waals surface area contributed by atoms with E-state index in [2.05, 4.69) is 14.9 Å². The third-order valence-electron chi connectivity index (χ3n) is 4.44. The average Bonchev–Trinajstić information content (AvgIpc) is 3.32. The predicted octanol–water partition coefficient (Wildman–Crippen LogP) is 3.85. The Hall–Kier alpha value is -2.91. The van der Waals surface area contributed by atoms with E-state index >= 15 is 0 Å². The van der Waals surface area contributed by atoms with Gasteiger partial charge in [-0.1, -0.05) is 13.8 Å². The van der Waals surface area contributed by atoms with Gasteiger partial charge in [0.1, 0.15) is 10.7 Å². The van der Waals surface area contributed by atoms with Crippen LogP contribution in [0, 0.1) is 0 Å². The molecule has 0 unspecified atom stereocenters. The van der Waals surface area contributed by atoms with Crippen LogP contribution < -0.4 is 14.4 Å². The van der Waals surface area contributed by atoms with Gasteiger partial charge in [0, 0.05) is 30.2 Å². The van der Waals surface area contributed by atoms with Gasteiger partial charge in [-0.3, -0.25) is 0 Å². The number of aromatic nitrogens is 3. The van der Waals surface area contributed by atoms with E-state index in [9.17, 15) is 5.11 Å². The van der Waals surface area contributed by atoms with E-state index < -0.39 is 0 Å². The molecule has 4 rings (SSSR count). The number of anilines is 1. The zero-order chi connectivity index (χ0) is 21.5. The molecule has 0 atom stereocenters. The quantitative estimate of drug-likeness (QED) is 0.653. The fourth-order valence-electron chi connectivity index (χ4n) is 2.95. The number of methoxy groups -OCH3 is 2. The van der Waals surface area contributed by atoms with Gasteiger partial charge >= 0.3 is 0 Å². The lowest BCUT2D eigenvalue weighted by Gasteiger charge is -2.26. The molecule has 1 aliphatic heterocycles. The number of thiazole rings is 1. The number of morpholine rings is 1. The van der Waals surface area contributed by atoms with Gasteiger partial charge in [-0.2, -0.15) is 0 Å². The molecule has 30 heavy (non-hydrogen) atoms. The number of rotatable bonds is 5. The molecule has 1 N–H and O–H groups in total. The molecule has 3 heterocycles. The molecule has 0 aliphatic carbocycles. The first-order chi connectivity index (χ1) is 14.7. The largest absolute Gasteiger partial charge is 0.502 e. The lowest BCUT2D eigenvalue weighted by molar-refractivity contribution is 0.122. The summed E-state index contributed by atoms with van der Waals surface area (Å²) in [5.74, 6) is 1.32. The first kappa shape index (κ1) is 21.8. The summed E-state index contributed by atoms with van der Waals surface area (Å²) < 4.78 is 15.9. The Morgan fingerprint density at radius 1 is 1.03 bits per heavy atom. The Kier molecular flexibility index (Phi) is 7.42. The summed E-state index contributed by atoms with van der Waals surface area (Å²) in [4.78, 5) is 15.9. The Balaban J connectivity index is 0.00000124. The molecule has 3 aromatic rings. The van der Waals surface area contributed by atoms with Crippen LogP contribution in [0.25, 0.3) is 22.0 Å². The summed E-state index contributed by atoms with van der Waals surface area (Å²) in [6, 6.07) is 5.32. The number of nitrogens with zero attached hydrogens (tertiary/aromatic N) is 4. The molecule has 0 saturated carbocycles. The standard InChI is InChI=1S/C19H20N4O4S.C2H6/c1-25-15-9-12(10-16(26-2)17(15)24)14-11-28-18(21-14)13-3-4-20-19(22-13)23-5-7-27-8-6-23;1-2/h3-4,9-11,24H,5-8H2,1-2H3;1-2H3. The topological polar surface area (TPSA) is 89.8 Å². The minimum atomic E-state index is -0.0323. The Morgan fingerprint density at radius 3 is 2.33 bits per heavy atom. The minimum Gasteiger partial charge on any atom is -0.502 e. The summed E-state index contributed by atoms with van der Waals surface area (Å²) in [7, 11) is 3.00. The molecule has 8 nitrogen and oxygen atoms in total. The molecule has 0 radical (unpaired) electrons. The zero-order valence-electron chi connectivity index (χ0n) is 17.6. The molecular weight excluding hydrogens is 404 g/mol. The van der Waals surface area contributed by atoms with Crippen molar-refractivity contribution >= 4 is 17.3 Å². The Labute approximate surface area is 180 Å². The highest BCUT2D eigenvalue weighted by atomic mass is 32.1. The molecule has 1 aromatic carbocycles. The van der Waals surface area contributed by atoms with Gasteiger partial charge in [-0.05, 0) is 18.2 Å². The van der Waals surface area contributed by atoms with Gasteiger partial charge < -0.3 is 24.2 Å². The maximum atomic E-state index is 10.1. The molecule has 0 amide bonds. The summed E-state index contributed by atoms with van der Waals surface area (Å²) in [6.45, 7) is 6.92. The highest BCUT2D eigenvalue weighted by Gasteiger charge is 2.17. The number of phenolic OH excluding ortho intramolecular Hbond substituents is 1. The molecular formula is C21H26N4O4S. The average molecular weight is 431 g/mol. The number of hydrogen-bond donors (Lipinski definition) is 1. The molecule has 160 valence electrons. The van der Waals surface area contributed by atoms with Crippen LogP contribution in [0.1, 0.15) is 13.8 Å². The number of aromatic hydroxyl groups is 1. The van der Waals surface area contributed by atoms with E-state index in [1.807, 2.05) is 25.3 Å².